The maximum absolute atomic E-state index is 5.97. The zero-order valence-corrected chi connectivity index (χ0v) is 12.1. The van der Waals surface area contributed by atoms with Gasteiger partial charge in [-0.1, -0.05) is 0 Å². The summed E-state index contributed by atoms with van der Waals surface area (Å²) in [6.07, 6.45) is 4.93. The fourth-order valence-corrected chi connectivity index (χ4v) is 2.00. The Morgan fingerprint density at radius 2 is 1.75 bits per heavy atom. The van der Waals surface area contributed by atoms with Gasteiger partial charge in [-0.25, -0.2) is 0 Å². The van der Waals surface area contributed by atoms with Gasteiger partial charge in [0.15, 0.2) is 5.76 Å². The molecule has 1 saturated heterocycles. The first-order valence-corrected chi connectivity index (χ1v) is 6.60. The van der Waals surface area contributed by atoms with Crippen molar-refractivity contribution in [3.8, 4) is 11.5 Å². The van der Waals surface area contributed by atoms with Crippen LogP contribution in [-0.4, -0.2) is 28.3 Å². The van der Waals surface area contributed by atoms with E-state index in [1.807, 2.05) is 39.8 Å². The first-order valence-electron chi connectivity index (χ1n) is 6.60. The number of aromatic nitrogens is 2. The van der Waals surface area contributed by atoms with Crippen molar-refractivity contribution in [2.24, 2.45) is 0 Å². The molecule has 1 aliphatic heterocycles. The molecule has 0 spiro atoms. The smallest absolute Gasteiger partial charge is 0.463 e. The van der Waals surface area contributed by atoms with Crippen molar-refractivity contribution >= 4 is 12.7 Å². The van der Waals surface area contributed by atoms with Crippen molar-refractivity contribution in [1.82, 2.24) is 9.97 Å². The van der Waals surface area contributed by atoms with E-state index in [-0.39, 0.29) is 11.2 Å². The number of rotatable bonds is 2. The topological polar surface area (TPSA) is 57.4 Å². The van der Waals surface area contributed by atoms with Crippen LogP contribution in [-0.2, 0) is 9.31 Å². The molecule has 0 saturated carbocycles. The Balaban J connectivity index is 1.91. The second-order valence-electron chi connectivity index (χ2n) is 5.89. The van der Waals surface area contributed by atoms with Gasteiger partial charge in [0, 0.05) is 6.20 Å². The maximum atomic E-state index is 5.97. The summed E-state index contributed by atoms with van der Waals surface area (Å²) < 4.78 is 17.3. The number of hydrogen-bond acceptors (Lipinski definition) is 5. The second-order valence-corrected chi connectivity index (χ2v) is 5.89. The SMILES string of the molecule is CC1(C)OB(c2cncc(-c3ccco3)n2)OC1(C)C. The van der Waals surface area contributed by atoms with Crippen molar-refractivity contribution in [1.29, 1.82) is 0 Å². The Hall–Kier alpha value is -1.66. The van der Waals surface area contributed by atoms with Crippen LogP contribution < -0.4 is 5.59 Å². The lowest BCUT2D eigenvalue weighted by atomic mass is 9.85. The van der Waals surface area contributed by atoms with E-state index < -0.39 is 7.12 Å². The van der Waals surface area contributed by atoms with E-state index in [4.69, 9.17) is 13.7 Å². The van der Waals surface area contributed by atoms with Crippen LogP contribution in [0.1, 0.15) is 27.7 Å². The third-order valence-electron chi connectivity index (χ3n) is 3.92. The van der Waals surface area contributed by atoms with Gasteiger partial charge in [0.25, 0.3) is 0 Å². The normalized spacial score (nSPS) is 20.3. The lowest BCUT2D eigenvalue weighted by Crippen LogP contribution is -2.41. The molecule has 1 aliphatic rings. The molecule has 0 aliphatic carbocycles. The van der Waals surface area contributed by atoms with E-state index >= 15 is 0 Å². The highest BCUT2D eigenvalue weighted by Crippen LogP contribution is 2.36. The summed E-state index contributed by atoms with van der Waals surface area (Å²) in [6, 6.07) is 3.66. The van der Waals surface area contributed by atoms with E-state index in [0.717, 1.165) is 0 Å². The molecule has 104 valence electrons. The minimum absolute atomic E-state index is 0.389. The zero-order chi connectivity index (χ0) is 14.4. The van der Waals surface area contributed by atoms with Gasteiger partial charge in [-0.3, -0.25) is 9.97 Å². The monoisotopic (exact) mass is 272 g/mol. The van der Waals surface area contributed by atoms with Crippen LogP contribution in [0.25, 0.3) is 11.5 Å². The fraction of sp³-hybridized carbons (Fsp3) is 0.429. The van der Waals surface area contributed by atoms with Crippen LogP contribution in [0.5, 0.6) is 0 Å². The van der Waals surface area contributed by atoms with Crippen LogP contribution in [0.15, 0.2) is 35.2 Å². The van der Waals surface area contributed by atoms with Gasteiger partial charge >= 0.3 is 7.12 Å². The quantitative estimate of drug-likeness (QED) is 0.783. The predicted molar refractivity (Wildman–Crippen MR) is 75.5 cm³/mol. The summed E-state index contributed by atoms with van der Waals surface area (Å²) in [7, 11) is -0.512. The third-order valence-corrected chi connectivity index (χ3v) is 3.92. The highest BCUT2D eigenvalue weighted by molar-refractivity contribution is 6.61. The molecule has 3 rings (SSSR count). The molecule has 0 aromatic carbocycles. The fourth-order valence-electron chi connectivity index (χ4n) is 2.00. The van der Waals surface area contributed by atoms with Gasteiger partial charge in [0.2, 0.25) is 0 Å². The minimum Gasteiger partial charge on any atom is -0.463 e. The van der Waals surface area contributed by atoms with E-state index in [9.17, 15) is 0 Å². The summed E-state index contributed by atoms with van der Waals surface area (Å²) in [6.45, 7) is 8.04. The van der Waals surface area contributed by atoms with Crippen LogP contribution in [0, 0.1) is 0 Å². The Morgan fingerprint density at radius 3 is 2.35 bits per heavy atom. The summed E-state index contributed by atoms with van der Waals surface area (Å²) in [5.74, 6) is 0.677. The van der Waals surface area contributed by atoms with E-state index in [2.05, 4.69) is 9.97 Å². The van der Waals surface area contributed by atoms with Crippen molar-refractivity contribution in [3.63, 3.8) is 0 Å². The third kappa shape index (κ3) is 2.15. The molecule has 6 heteroatoms. The van der Waals surface area contributed by atoms with Crippen molar-refractivity contribution in [3.05, 3.63) is 30.8 Å². The number of nitrogens with zero attached hydrogens (tertiary/aromatic N) is 2. The summed E-state index contributed by atoms with van der Waals surface area (Å²) in [5.41, 5.74) is 0.542. The maximum Gasteiger partial charge on any atom is 0.516 e. The molecular weight excluding hydrogens is 255 g/mol. The van der Waals surface area contributed by atoms with Gasteiger partial charge in [0.05, 0.1) is 29.3 Å². The van der Waals surface area contributed by atoms with Crippen LogP contribution in [0.3, 0.4) is 0 Å². The molecule has 1 fully saturated rings. The molecule has 5 nitrogen and oxygen atoms in total. The minimum atomic E-state index is -0.512. The highest BCUT2D eigenvalue weighted by atomic mass is 16.7. The summed E-state index contributed by atoms with van der Waals surface area (Å²) in [5, 5.41) is 0. The average molecular weight is 272 g/mol. The molecular formula is C14H17BN2O3. The summed E-state index contributed by atoms with van der Waals surface area (Å²) in [4.78, 5) is 8.72. The Morgan fingerprint density at radius 1 is 1.05 bits per heavy atom. The van der Waals surface area contributed by atoms with Gasteiger partial charge in [-0.05, 0) is 39.8 Å². The molecule has 0 radical (unpaired) electrons. The molecule has 0 N–H and O–H groups in total. The van der Waals surface area contributed by atoms with Gasteiger partial charge in [-0.2, -0.15) is 0 Å². The molecule has 0 amide bonds. The highest BCUT2D eigenvalue weighted by Gasteiger charge is 2.52. The van der Waals surface area contributed by atoms with Crippen molar-refractivity contribution in [2.45, 2.75) is 38.9 Å². The predicted octanol–water partition coefficient (Wildman–Crippen LogP) is 2.04. The molecule has 0 bridgehead atoms. The van der Waals surface area contributed by atoms with E-state index in [1.54, 1.807) is 18.7 Å². The molecule has 3 heterocycles. The molecule has 0 unspecified atom stereocenters. The first-order chi connectivity index (χ1) is 9.39. The largest absolute Gasteiger partial charge is 0.516 e. The molecule has 0 atom stereocenters. The van der Waals surface area contributed by atoms with Gasteiger partial charge < -0.3 is 13.7 Å². The van der Waals surface area contributed by atoms with Crippen molar-refractivity contribution in [2.75, 3.05) is 0 Å². The Bertz CT molecular complexity index is 595. The van der Waals surface area contributed by atoms with Crippen LogP contribution in [0.2, 0.25) is 0 Å². The van der Waals surface area contributed by atoms with Crippen LogP contribution >= 0.6 is 0 Å². The number of furan rings is 1. The molecule has 2 aromatic heterocycles. The number of hydrogen-bond donors (Lipinski definition) is 0. The van der Waals surface area contributed by atoms with Crippen LogP contribution in [0.4, 0.5) is 0 Å². The lowest BCUT2D eigenvalue weighted by molar-refractivity contribution is 0.00578. The van der Waals surface area contributed by atoms with Gasteiger partial charge in [0.1, 0.15) is 5.69 Å². The second kappa shape index (κ2) is 4.43. The molecule has 20 heavy (non-hydrogen) atoms. The zero-order valence-electron chi connectivity index (χ0n) is 12.1. The summed E-state index contributed by atoms with van der Waals surface area (Å²) >= 11 is 0. The Kier molecular flexibility index (Phi) is 2.95. The van der Waals surface area contributed by atoms with Crippen molar-refractivity contribution < 1.29 is 13.7 Å². The lowest BCUT2D eigenvalue weighted by Gasteiger charge is -2.32. The van der Waals surface area contributed by atoms with Gasteiger partial charge in [-0.15, -0.1) is 0 Å². The standard InChI is InChI=1S/C14H17BN2O3/c1-13(2)14(3,4)20-15(19-13)12-9-16-8-10(17-12)11-6-5-7-18-11/h5-9H,1-4H3. The molecule has 2 aromatic rings. The first kappa shape index (κ1) is 13.3. The Labute approximate surface area is 118 Å². The van der Waals surface area contributed by atoms with E-state index in [0.29, 0.717) is 17.0 Å². The average Bonchev–Trinajstić information content (AvgIpc) is 2.97. The van der Waals surface area contributed by atoms with E-state index in [1.165, 1.54) is 0 Å².